The summed E-state index contributed by atoms with van der Waals surface area (Å²) in [6.07, 6.45) is 4.47. The molecule has 0 atom stereocenters. The van der Waals surface area contributed by atoms with E-state index in [0.29, 0.717) is 18.7 Å². The van der Waals surface area contributed by atoms with Crippen LogP contribution in [-0.4, -0.2) is 44.0 Å². The van der Waals surface area contributed by atoms with E-state index in [1.54, 1.807) is 7.05 Å². The Labute approximate surface area is 166 Å². The Bertz CT molecular complexity index is 511. The second-order valence-corrected chi connectivity index (χ2v) is 6.10. The van der Waals surface area contributed by atoms with Crippen molar-refractivity contribution in [3.63, 3.8) is 0 Å². The van der Waals surface area contributed by atoms with E-state index in [1.807, 2.05) is 43.0 Å². The number of thioether (sulfide) groups is 1. The van der Waals surface area contributed by atoms with Crippen LogP contribution in [0.1, 0.15) is 35.7 Å². The van der Waals surface area contributed by atoms with E-state index in [2.05, 4.69) is 27.2 Å². The second-order valence-electron chi connectivity index (χ2n) is 5.11. The lowest BCUT2D eigenvalue weighted by Gasteiger charge is -2.12. The highest BCUT2D eigenvalue weighted by molar-refractivity contribution is 14.0. The maximum atomic E-state index is 11.8. The molecule has 1 amide bonds. The first-order valence-corrected chi connectivity index (χ1v) is 9.41. The van der Waals surface area contributed by atoms with Gasteiger partial charge in [-0.25, -0.2) is 0 Å². The van der Waals surface area contributed by atoms with Gasteiger partial charge in [0.15, 0.2) is 5.96 Å². The number of rotatable bonds is 9. The highest BCUT2D eigenvalue weighted by atomic mass is 127. The lowest BCUT2D eigenvalue weighted by molar-refractivity contribution is 0.0955. The van der Waals surface area contributed by atoms with Crippen LogP contribution in [0, 0.1) is 0 Å². The molecule has 0 saturated heterocycles. The number of carbonyl (C=O) groups excluding carboxylic acids is 1. The Balaban J connectivity index is 0.00000529. The first kappa shape index (κ1) is 23.0. The summed E-state index contributed by atoms with van der Waals surface area (Å²) < 4.78 is 0. The van der Waals surface area contributed by atoms with Crippen LogP contribution >= 0.6 is 35.7 Å². The van der Waals surface area contributed by atoms with Gasteiger partial charge < -0.3 is 16.0 Å². The number of hydrogen-bond donors (Lipinski definition) is 3. The predicted octanol–water partition coefficient (Wildman–Crippen LogP) is 2.86. The summed E-state index contributed by atoms with van der Waals surface area (Å²) in [4.78, 5) is 16.1. The molecule has 0 aromatic heterocycles. The third kappa shape index (κ3) is 9.36. The van der Waals surface area contributed by atoms with Crippen molar-refractivity contribution in [3.05, 3.63) is 35.4 Å². The zero-order valence-corrected chi connectivity index (χ0v) is 17.9. The molecule has 24 heavy (non-hydrogen) atoms. The molecule has 0 radical (unpaired) electrons. The summed E-state index contributed by atoms with van der Waals surface area (Å²) >= 11 is 1.87. The van der Waals surface area contributed by atoms with Gasteiger partial charge in [0.05, 0.1) is 0 Å². The Kier molecular flexibility index (Phi) is 13.8. The molecule has 0 saturated carbocycles. The minimum atomic E-state index is -0.0364. The fourth-order valence-electron chi connectivity index (χ4n) is 2.07. The van der Waals surface area contributed by atoms with Crippen molar-refractivity contribution in [2.45, 2.75) is 26.3 Å². The van der Waals surface area contributed by atoms with Crippen molar-refractivity contribution in [2.24, 2.45) is 4.99 Å². The van der Waals surface area contributed by atoms with Crippen molar-refractivity contribution >= 4 is 47.6 Å². The molecular formula is C17H29IN4OS. The van der Waals surface area contributed by atoms with E-state index in [1.165, 1.54) is 12.2 Å². The molecule has 0 heterocycles. The number of nitrogens with one attached hydrogen (secondary N) is 3. The molecule has 1 rings (SSSR count). The average Bonchev–Trinajstić information content (AvgIpc) is 2.58. The lowest BCUT2D eigenvalue weighted by atomic mass is 10.1. The van der Waals surface area contributed by atoms with Crippen LogP contribution in [0.4, 0.5) is 0 Å². The number of hydrogen-bond acceptors (Lipinski definition) is 3. The number of carbonyl (C=O) groups is 1. The number of guanidine groups is 1. The molecule has 0 aliphatic carbocycles. The third-order valence-electron chi connectivity index (χ3n) is 3.28. The molecule has 0 aliphatic rings. The Morgan fingerprint density at radius 2 is 2.00 bits per heavy atom. The van der Waals surface area contributed by atoms with Gasteiger partial charge in [-0.05, 0) is 49.5 Å². The Morgan fingerprint density at radius 1 is 1.21 bits per heavy atom. The predicted molar refractivity (Wildman–Crippen MR) is 116 cm³/mol. The maximum absolute atomic E-state index is 11.8. The highest BCUT2D eigenvalue weighted by Gasteiger charge is 2.05. The van der Waals surface area contributed by atoms with Crippen molar-refractivity contribution < 1.29 is 4.79 Å². The zero-order valence-electron chi connectivity index (χ0n) is 14.7. The van der Waals surface area contributed by atoms with Crippen LogP contribution in [0.5, 0.6) is 0 Å². The summed E-state index contributed by atoms with van der Waals surface area (Å²) in [5, 5.41) is 9.40. The van der Waals surface area contributed by atoms with Crippen molar-refractivity contribution in [3.8, 4) is 0 Å². The van der Waals surface area contributed by atoms with Gasteiger partial charge in [0.2, 0.25) is 0 Å². The third-order valence-corrected chi connectivity index (χ3v) is 3.97. The maximum Gasteiger partial charge on any atom is 0.251 e. The molecule has 1 aromatic rings. The lowest BCUT2D eigenvalue weighted by Crippen LogP contribution is -2.37. The van der Waals surface area contributed by atoms with E-state index in [-0.39, 0.29) is 29.9 Å². The number of halogens is 1. The van der Waals surface area contributed by atoms with Crippen molar-refractivity contribution in [2.75, 3.05) is 32.1 Å². The molecule has 0 fully saturated rings. The largest absolute Gasteiger partial charge is 0.356 e. The number of aliphatic imine (C=N–C) groups is 1. The van der Waals surface area contributed by atoms with Gasteiger partial charge in [-0.15, -0.1) is 24.0 Å². The minimum Gasteiger partial charge on any atom is -0.356 e. The van der Waals surface area contributed by atoms with E-state index in [4.69, 9.17) is 0 Å². The van der Waals surface area contributed by atoms with Gasteiger partial charge in [-0.3, -0.25) is 9.79 Å². The van der Waals surface area contributed by atoms with Crippen molar-refractivity contribution in [1.29, 1.82) is 0 Å². The Hall–Kier alpha value is -0.960. The highest BCUT2D eigenvalue weighted by Crippen LogP contribution is 2.05. The molecule has 3 N–H and O–H groups in total. The molecule has 1 aromatic carbocycles. The number of nitrogens with zero attached hydrogens (tertiary/aromatic N) is 1. The molecule has 0 bridgehead atoms. The van der Waals surface area contributed by atoms with E-state index >= 15 is 0 Å². The summed E-state index contributed by atoms with van der Waals surface area (Å²) in [5.41, 5.74) is 1.74. The molecule has 0 unspecified atom stereocenters. The fourth-order valence-corrected chi connectivity index (χ4v) is 2.56. The standard InChI is InChI=1S/C17H28N4OS.HI/c1-4-19-16(22)15-9-7-8-14(12-15)13-21-17(18-2)20-10-5-6-11-23-3;/h7-9,12H,4-6,10-11,13H2,1-3H3,(H,19,22)(H2,18,20,21);1H. The van der Waals surface area contributed by atoms with E-state index in [9.17, 15) is 4.79 Å². The van der Waals surface area contributed by atoms with Crippen LogP contribution in [0.3, 0.4) is 0 Å². The van der Waals surface area contributed by atoms with Crippen LogP contribution in [0.25, 0.3) is 0 Å². The van der Waals surface area contributed by atoms with Gasteiger partial charge in [0, 0.05) is 32.2 Å². The van der Waals surface area contributed by atoms with Gasteiger partial charge in [-0.2, -0.15) is 11.8 Å². The average molecular weight is 464 g/mol. The molecule has 7 heteroatoms. The fraction of sp³-hybridized carbons (Fsp3) is 0.529. The van der Waals surface area contributed by atoms with Crippen LogP contribution < -0.4 is 16.0 Å². The summed E-state index contributed by atoms with van der Waals surface area (Å²) in [7, 11) is 1.77. The van der Waals surface area contributed by atoms with Gasteiger partial charge in [-0.1, -0.05) is 12.1 Å². The van der Waals surface area contributed by atoms with Crippen LogP contribution in [0.2, 0.25) is 0 Å². The molecule has 136 valence electrons. The quantitative estimate of drug-likeness (QED) is 0.228. The van der Waals surface area contributed by atoms with Gasteiger partial charge in [0.25, 0.3) is 5.91 Å². The number of unbranched alkanes of at least 4 members (excludes halogenated alkanes) is 1. The van der Waals surface area contributed by atoms with E-state index in [0.717, 1.165) is 24.5 Å². The number of amides is 1. The first-order chi connectivity index (χ1) is 11.2. The summed E-state index contributed by atoms with van der Waals surface area (Å²) in [5.74, 6) is 1.95. The molecule has 5 nitrogen and oxygen atoms in total. The summed E-state index contributed by atoms with van der Waals surface area (Å²) in [6, 6.07) is 7.64. The Morgan fingerprint density at radius 3 is 2.67 bits per heavy atom. The topological polar surface area (TPSA) is 65.5 Å². The van der Waals surface area contributed by atoms with Gasteiger partial charge in [0.1, 0.15) is 0 Å². The van der Waals surface area contributed by atoms with Gasteiger partial charge >= 0.3 is 0 Å². The normalized spacial score (nSPS) is 10.7. The second kappa shape index (κ2) is 14.4. The van der Waals surface area contributed by atoms with E-state index < -0.39 is 0 Å². The van der Waals surface area contributed by atoms with Crippen LogP contribution in [0.15, 0.2) is 29.3 Å². The zero-order chi connectivity index (χ0) is 16.9. The smallest absolute Gasteiger partial charge is 0.251 e. The van der Waals surface area contributed by atoms with Crippen LogP contribution in [-0.2, 0) is 6.54 Å². The SMILES string of the molecule is CCNC(=O)c1cccc(CNC(=NC)NCCCCSC)c1.I. The van der Waals surface area contributed by atoms with Crippen molar-refractivity contribution in [1.82, 2.24) is 16.0 Å². The number of benzene rings is 1. The molecular weight excluding hydrogens is 435 g/mol. The minimum absolute atomic E-state index is 0. The monoisotopic (exact) mass is 464 g/mol. The summed E-state index contributed by atoms with van der Waals surface area (Å²) in [6.45, 7) is 4.10. The first-order valence-electron chi connectivity index (χ1n) is 8.01. The molecule has 0 spiro atoms. The molecule has 0 aliphatic heterocycles.